The van der Waals surface area contributed by atoms with Crippen molar-refractivity contribution in [2.45, 2.75) is 6.61 Å². The summed E-state index contributed by atoms with van der Waals surface area (Å²) < 4.78 is 5.50. The molecular weight excluding hydrogens is 305 g/mol. The third-order valence-electron chi connectivity index (χ3n) is 2.52. The van der Waals surface area contributed by atoms with Crippen molar-refractivity contribution in [1.82, 2.24) is 0 Å². The van der Waals surface area contributed by atoms with Crippen molar-refractivity contribution in [2.24, 2.45) is 0 Å². The third kappa shape index (κ3) is 3.19. The molecule has 7 heteroatoms. The average molecular weight is 314 g/mol. The van der Waals surface area contributed by atoms with E-state index in [2.05, 4.69) is 0 Å². The number of aliphatic hydroxyl groups excluding tert-OH is 1. The highest BCUT2D eigenvalue weighted by Crippen LogP contribution is 2.34. The molecule has 0 atom stereocenters. The van der Waals surface area contributed by atoms with Gasteiger partial charge in [-0.3, -0.25) is 10.1 Å². The normalized spacial score (nSPS) is 10.3. The van der Waals surface area contributed by atoms with E-state index < -0.39 is 4.92 Å². The van der Waals surface area contributed by atoms with Gasteiger partial charge in [-0.25, -0.2) is 0 Å². The topological polar surface area (TPSA) is 72.6 Å². The van der Waals surface area contributed by atoms with Crippen LogP contribution in [0.3, 0.4) is 0 Å². The lowest BCUT2D eigenvalue weighted by Gasteiger charge is -2.09. The second-order valence-corrected chi connectivity index (χ2v) is 4.71. The standard InChI is InChI=1S/C13H9Cl2NO4/c14-10-6-9(2-3-12(10)16(18)19)20-13-4-1-8(7-17)5-11(13)15/h1-6,17H,7H2. The first-order valence-corrected chi connectivity index (χ1v) is 6.28. The molecule has 0 fully saturated rings. The van der Waals surface area contributed by atoms with Gasteiger partial charge in [-0.2, -0.15) is 0 Å². The highest BCUT2D eigenvalue weighted by Gasteiger charge is 2.13. The van der Waals surface area contributed by atoms with Crippen LogP contribution in [0, 0.1) is 10.1 Å². The quantitative estimate of drug-likeness (QED) is 0.678. The molecule has 2 rings (SSSR count). The van der Waals surface area contributed by atoms with E-state index in [-0.39, 0.29) is 17.3 Å². The lowest BCUT2D eigenvalue weighted by molar-refractivity contribution is -0.384. The highest BCUT2D eigenvalue weighted by molar-refractivity contribution is 6.33. The van der Waals surface area contributed by atoms with Crippen LogP contribution in [0.5, 0.6) is 11.5 Å². The zero-order valence-corrected chi connectivity index (χ0v) is 11.6. The third-order valence-corrected chi connectivity index (χ3v) is 3.12. The molecule has 20 heavy (non-hydrogen) atoms. The van der Waals surface area contributed by atoms with Crippen molar-refractivity contribution >= 4 is 28.9 Å². The van der Waals surface area contributed by atoms with Gasteiger partial charge in [0.05, 0.1) is 16.6 Å². The fourth-order valence-corrected chi connectivity index (χ4v) is 2.03. The van der Waals surface area contributed by atoms with Gasteiger partial charge in [0.2, 0.25) is 0 Å². The summed E-state index contributed by atoms with van der Waals surface area (Å²) in [5, 5.41) is 19.9. The Morgan fingerprint density at radius 2 is 1.90 bits per heavy atom. The molecule has 0 spiro atoms. The molecule has 0 radical (unpaired) electrons. The number of ether oxygens (including phenoxy) is 1. The lowest BCUT2D eigenvalue weighted by Crippen LogP contribution is -1.91. The van der Waals surface area contributed by atoms with E-state index in [9.17, 15) is 10.1 Å². The number of halogens is 2. The van der Waals surface area contributed by atoms with Crippen molar-refractivity contribution < 1.29 is 14.8 Å². The van der Waals surface area contributed by atoms with E-state index in [0.717, 1.165) is 0 Å². The number of nitrogens with zero attached hydrogens (tertiary/aromatic N) is 1. The first-order chi connectivity index (χ1) is 9.51. The maximum Gasteiger partial charge on any atom is 0.288 e. The zero-order chi connectivity index (χ0) is 14.7. The molecule has 1 N–H and O–H groups in total. The van der Waals surface area contributed by atoms with E-state index in [1.807, 2.05) is 0 Å². The first-order valence-electron chi connectivity index (χ1n) is 5.52. The summed E-state index contributed by atoms with van der Waals surface area (Å²) in [7, 11) is 0. The SMILES string of the molecule is O=[N+]([O-])c1ccc(Oc2ccc(CO)cc2Cl)cc1Cl. The Labute approximate surface area is 124 Å². The number of hydrogen-bond acceptors (Lipinski definition) is 4. The molecule has 0 aliphatic rings. The Morgan fingerprint density at radius 1 is 1.15 bits per heavy atom. The number of aliphatic hydroxyl groups is 1. The van der Waals surface area contributed by atoms with Crippen LogP contribution in [0.15, 0.2) is 36.4 Å². The predicted molar refractivity (Wildman–Crippen MR) is 75.6 cm³/mol. The van der Waals surface area contributed by atoms with Crippen LogP contribution in [-0.4, -0.2) is 10.0 Å². The average Bonchev–Trinajstić information content (AvgIpc) is 2.40. The maximum atomic E-state index is 10.7. The second-order valence-electron chi connectivity index (χ2n) is 3.90. The molecule has 0 heterocycles. The van der Waals surface area contributed by atoms with Crippen molar-refractivity contribution in [2.75, 3.05) is 0 Å². The Hall–Kier alpha value is -1.82. The second kappa shape index (κ2) is 6.09. The molecule has 104 valence electrons. The monoisotopic (exact) mass is 313 g/mol. The highest BCUT2D eigenvalue weighted by atomic mass is 35.5. The molecular formula is C13H9Cl2NO4. The van der Waals surface area contributed by atoms with E-state index in [1.54, 1.807) is 18.2 Å². The smallest absolute Gasteiger partial charge is 0.288 e. The molecule has 0 aromatic heterocycles. The van der Waals surface area contributed by atoms with Gasteiger partial charge in [-0.1, -0.05) is 29.3 Å². The minimum atomic E-state index is -0.574. The fourth-order valence-electron chi connectivity index (χ4n) is 1.55. The number of rotatable bonds is 4. The molecule has 0 aliphatic carbocycles. The Kier molecular flexibility index (Phi) is 4.44. The Balaban J connectivity index is 2.26. The number of nitro benzene ring substituents is 1. The summed E-state index contributed by atoms with van der Waals surface area (Å²) in [6.45, 7) is -0.122. The van der Waals surface area contributed by atoms with E-state index >= 15 is 0 Å². The van der Waals surface area contributed by atoms with Gasteiger partial charge in [-0.05, 0) is 23.8 Å². The van der Waals surface area contributed by atoms with Gasteiger partial charge < -0.3 is 9.84 Å². The summed E-state index contributed by atoms with van der Waals surface area (Å²) in [6.07, 6.45) is 0. The summed E-state index contributed by atoms with van der Waals surface area (Å²) in [5.74, 6) is 0.702. The van der Waals surface area contributed by atoms with Gasteiger partial charge >= 0.3 is 0 Å². The summed E-state index contributed by atoms with van der Waals surface area (Å²) in [4.78, 5) is 10.1. The molecule has 5 nitrogen and oxygen atoms in total. The predicted octanol–water partition coefficient (Wildman–Crippen LogP) is 4.19. The first kappa shape index (κ1) is 14.6. The molecule has 2 aromatic rings. The van der Waals surface area contributed by atoms with Crippen LogP contribution >= 0.6 is 23.2 Å². The van der Waals surface area contributed by atoms with Crippen LogP contribution in [0.2, 0.25) is 10.0 Å². The van der Waals surface area contributed by atoms with Gasteiger partial charge in [-0.15, -0.1) is 0 Å². The minimum Gasteiger partial charge on any atom is -0.456 e. The van der Waals surface area contributed by atoms with E-state index in [1.165, 1.54) is 18.2 Å². The molecule has 2 aromatic carbocycles. The Morgan fingerprint density at radius 3 is 2.45 bits per heavy atom. The molecule has 0 saturated carbocycles. The molecule has 0 amide bonds. The summed E-state index contributed by atoms with van der Waals surface area (Å²) in [5.41, 5.74) is 0.463. The summed E-state index contributed by atoms with van der Waals surface area (Å²) >= 11 is 11.8. The van der Waals surface area contributed by atoms with E-state index in [0.29, 0.717) is 22.1 Å². The molecule has 0 bridgehead atoms. The minimum absolute atomic E-state index is 0.0180. The van der Waals surface area contributed by atoms with Crippen molar-refractivity contribution in [3.05, 3.63) is 62.1 Å². The van der Waals surface area contributed by atoms with Crippen molar-refractivity contribution in [3.8, 4) is 11.5 Å². The van der Waals surface area contributed by atoms with Gasteiger partial charge in [0.1, 0.15) is 16.5 Å². The van der Waals surface area contributed by atoms with Crippen LogP contribution in [0.4, 0.5) is 5.69 Å². The molecule has 0 aliphatic heterocycles. The fraction of sp³-hybridized carbons (Fsp3) is 0.0769. The summed E-state index contributed by atoms with van der Waals surface area (Å²) in [6, 6.07) is 8.87. The van der Waals surface area contributed by atoms with Crippen molar-refractivity contribution in [3.63, 3.8) is 0 Å². The van der Waals surface area contributed by atoms with Crippen LogP contribution in [0.25, 0.3) is 0 Å². The van der Waals surface area contributed by atoms with Crippen LogP contribution in [-0.2, 0) is 6.61 Å². The van der Waals surface area contributed by atoms with Gasteiger partial charge in [0, 0.05) is 12.1 Å². The zero-order valence-electron chi connectivity index (χ0n) is 10.0. The molecule has 0 unspecified atom stereocenters. The number of hydrogen-bond donors (Lipinski definition) is 1. The van der Waals surface area contributed by atoms with Crippen LogP contribution in [0.1, 0.15) is 5.56 Å². The largest absolute Gasteiger partial charge is 0.456 e. The maximum absolute atomic E-state index is 10.7. The lowest BCUT2D eigenvalue weighted by atomic mass is 10.2. The Bertz CT molecular complexity index is 661. The van der Waals surface area contributed by atoms with Crippen LogP contribution < -0.4 is 4.74 Å². The number of benzene rings is 2. The van der Waals surface area contributed by atoms with Crippen molar-refractivity contribution in [1.29, 1.82) is 0 Å². The van der Waals surface area contributed by atoms with Gasteiger partial charge in [0.15, 0.2) is 0 Å². The van der Waals surface area contributed by atoms with Gasteiger partial charge in [0.25, 0.3) is 5.69 Å². The number of nitro groups is 1. The van der Waals surface area contributed by atoms with E-state index in [4.69, 9.17) is 33.0 Å². The molecule has 0 saturated heterocycles.